The number of likely N-dealkylation sites (tertiary alicyclic amines) is 2. The number of aromatic nitrogens is 2. The average molecular weight is 463 g/mol. The number of para-hydroxylation sites is 2. The van der Waals surface area contributed by atoms with Gasteiger partial charge in [0.2, 0.25) is 0 Å². The van der Waals surface area contributed by atoms with E-state index < -0.39 is 0 Å². The molecule has 0 N–H and O–H groups in total. The van der Waals surface area contributed by atoms with Gasteiger partial charge in [-0.25, -0.2) is 9.07 Å². The van der Waals surface area contributed by atoms with Gasteiger partial charge in [0.15, 0.2) is 11.6 Å². The highest BCUT2D eigenvalue weighted by Gasteiger charge is 2.31. The molecule has 0 aliphatic carbocycles. The summed E-state index contributed by atoms with van der Waals surface area (Å²) in [5.41, 5.74) is 2.50. The Hall–Kier alpha value is -3.19. The lowest BCUT2D eigenvalue weighted by atomic mass is 9.98. The molecule has 3 heterocycles. The molecule has 34 heavy (non-hydrogen) atoms. The minimum atomic E-state index is -0.300. The highest BCUT2D eigenvalue weighted by atomic mass is 19.1. The number of halogens is 1. The maximum atomic E-state index is 13.9. The van der Waals surface area contributed by atoms with Gasteiger partial charge in [0, 0.05) is 32.2 Å². The van der Waals surface area contributed by atoms with Crippen LogP contribution in [0.1, 0.15) is 41.7 Å². The fourth-order valence-corrected chi connectivity index (χ4v) is 5.13. The number of piperidine rings is 2. The topological polar surface area (TPSA) is 50.6 Å². The summed E-state index contributed by atoms with van der Waals surface area (Å²) in [5, 5.41) is 4.46. The molecule has 7 heteroatoms. The van der Waals surface area contributed by atoms with Crippen molar-refractivity contribution in [2.24, 2.45) is 0 Å². The summed E-state index contributed by atoms with van der Waals surface area (Å²) < 4.78 is 21.6. The number of nitrogens with zero attached hydrogens (tertiary/aromatic N) is 4. The number of hydrogen-bond acceptors (Lipinski definition) is 4. The van der Waals surface area contributed by atoms with E-state index in [1.165, 1.54) is 6.07 Å². The zero-order valence-corrected chi connectivity index (χ0v) is 19.6. The maximum Gasteiger partial charge on any atom is 0.257 e. The highest BCUT2D eigenvalue weighted by Crippen LogP contribution is 2.26. The fourth-order valence-electron chi connectivity index (χ4n) is 5.13. The third-order valence-electron chi connectivity index (χ3n) is 7.12. The van der Waals surface area contributed by atoms with E-state index in [2.05, 4.69) is 10.00 Å². The van der Waals surface area contributed by atoms with E-state index >= 15 is 0 Å². The van der Waals surface area contributed by atoms with Gasteiger partial charge in [0.25, 0.3) is 5.91 Å². The van der Waals surface area contributed by atoms with Gasteiger partial charge in [-0.1, -0.05) is 30.3 Å². The van der Waals surface area contributed by atoms with E-state index in [0.717, 1.165) is 63.2 Å². The van der Waals surface area contributed by atoms with Crippen LogP contribution in [-0.4, -0.2) is 63.8 Å². The Morgan fingerprint density at radius 3 is 2.32 bits per heavy atom. The number of rotatable bonds is 5. The summed E-state index contributed by atoms with van der Waals surface area (Å²) in [6.07, 6.45) is 5.47. The van der Waals surface area contributed by atoms with Crippen molar-refractivity contribution in [3.63, 3.8) is 0 Å². The van der Waals surface area contributed by atoms with Gasteiger partial charge < -0.3 is 9.64 Å². The van der Waals surface area contributed by atoms with Crippen LogP contribution < -0.4 is 4.74 Å². The Labute approximate surface area is 199 Å². The van der Waals surface area contributed by atoms with E-state index in [1.54, 1.807) is 24.4 Å². The summed E-state index contributed by atoms with van der Waals surface area (Å²) >= 11 is 0. The van der Waals surface area contributed by atoms with Crippen LogP contribution in [0.5, 0.6) is 5.75 Å². The van der Waals surface area contributed by atoms with Crippen LogP contribution in [0.3, 0.4) is 0 Å². The second-order valence-corrected chi connectivity index (χ2v) is 9.20. The predicted octanol–water partition coefficient (Wildman–Crippen LogP) is 4.47. The maximum absolute atomic E-state index is 13.9. The molecule has 2 fully saturated rings. The zero-order valence-electron chi connectivity index (χ0n) is 19.6. The van der Waals surface area contributed by atoms with Crippen LogP contribution in [0.2, 0.25) is 0 Å². The monoisotopic (exact) mass is 462 g/mol. The standard InChI is InChI=1S/C27H31FN4O2/c1-20-24(19-29-32(20)22-7-3-2-4-8-22)27(33)31-15-11-21(12-16-31)30-17-13-23(14-18-30)34-26-10-6-5-9-25(26)28/h2-10,19,21,23H,11-18H2,1H3. The van der Waals surface area contributed by atoms with E-state index in [1.807, 2.05) is 46.8 Å². The SMILES string of the molecule is Cc1c(C(=O)N2CCC(N3CCC(Oc4ccccc4F)CC3)CC2)cnn1-c1ccccc1. The van der Waals surface area contributed by atoms with Crippen LogP contribution in [0, 0.1) is 12.7 Å². The summed E-state index contributed by atoms with van der Waals surface area (Å²) in [6.45, 7) is 5.35. The molecule has 0 unspecified atom stereocenters. The van der Waals surface area contributed by atoms with Crippen LogP contribution in [0.4, 0.5) is 4.39 Å². The first-order valence-corrected chi connectivity index (χ1v) is 12.1. The molecule has 178 valence electrons. The van der Waals surface area contributed by atoms with Crippen molar-refractivity contribution in [3.05, 3.63) is 77.9 Å². The third kappa shape index (κ3) is 4.71. The van der Waals surface area contributed by atoms with Gasteiger partial charge in [0.1, 0.15) is 6.10 Å². The molecule has 0 atom stereocenters. The van der Waals surface area contributed by atoms with Crippen LogP contribution in [-0.2, 0) is 0 Å². The first-order chi connectivity index (χ1) is 16.6. The normalized spacial score (nSPS) is 18.2. The van der Waals surface area contributed by atoms with Gasteiger partial charge in [0.05, 0.1) is 23.1 Å². The molecular formula is C27H31FN4O2. The number of hydrogen-bond donors (Lipinski definition) is 0. The molecule has 0 bridgehead atoms. The number of amides is 1. The molecule has 0 saturated carbocycles. The molecule has 5 rings (SSSR count). The van der Waals surface area contributed by atoms with Crippen molar-refractivity contribution in [3.8, 4) is 11.4 Å². The second kappa shape index (κ2) is 9.97. The number of carbonyl (C=O) groups is 1. The van der Waals surface area contributed by atoms with Gasteiger partial charge in [-0.15, -0.1) is 0 Å². The lowest BCUT2D eigenvalue weighted by Crippen LogP contribution is -2.50. The number of benzene rings is 2. The van der Waals surface area contributed by atoms with Gasteiger partial charge in [-0.2, -0.15) is 5.10 Å². The molecular weight excluding hydrogens is 431 g/mol. The molecule has 3 aromatic rings. The summed E-state index contributed by atoms with van der Waals surface area (Å²) in [4.78, 5) is 17.7. The minimum absolute atomic E-state index is 0.0546. The van der Waals surface area contributed by atoms with Crippen LogP contribution in [0.25, 0.3) is 5.69 Å². The zero-order chi connectivity index (χ0) is 23.5. The average Bonchev–Trinajstić information content (AvgIpc) is 3.27. The highest BCUT2D eigenvalue weighted by molar-refractivity contribution is 5.95. The second-order valence-electron chi connectivity index (χ2n) is 9.20. The molecule has 2 saturated heterocycles. The lowest BCUT2D eigenvalue weighted by Gasteiger charge is -2.41. The van der Waals surface area contributed by atoms with Gasteiger partial charge >= 0.3 is 0 Å². The van der Waals surface area contributed by atoms with Crippen molar-refractivity contribution in [1.29, 1.82) is 0 Å². The smallest absolute Gasteiger partial charge is 0.257 e. The molecule has 2 aliphatic heterocycles. The fraction of sp³-hybridized carbons (Fsp3) is 0.407. The number of ether oxygens (including phenoxy) is 1. The Kier molecular flexibility index (Phi) is 6.63. The Morgan fingerprint density at radius 2 is 1.62 bits per heavy atom. The lowest BCUT2D eigenvalue weighted by molar-refractivity contribution is 0.0416. The van der Waals surface area contributed by atoms with Crippen molar-refractivity contribution >= 4 is 5.91 Å². The molecule has 2 aromatic carbocycles. The Bertz CT molecular complexity index is 1120. The van der Waals surface area contributed by atoms with Crippen molar-refractivity contribution in [2.75, 3.05) is 26.2 Å². The predicted molar refractivity (Wildman–Crippen MR) is 129 cm³/mol. The largest absolute Gasteiger partial charge is 0.487 e. The van der Waals surface area contributed by atoms with Crippen LogP contribution in [0.15, 0.2) is 60.8 Å². The van der Waals surface area contributed by atoms with Crippen molar-refractivity contribution < 1.29 is 13.9 Å². The van der Waals surface area contributed by atoms with E-state index in [0.29, 0.717) is 17.4 Å². The van der Waals surface area contributed by atoms with E-state index in [9.17, 15) is 9.18 Å². The first kappa shape index (κ1) is 22.6. The van der Waals surface area contributed by atoms with Crippen LogP contribution >= 0.6 is 0 Å². The minimum Gasteiger partial charge on any atom is -0.487 e. The summed E-state index contributed by atoms with van der Waals surface area (Å²) in [6, 6.07) is 17.0. The number of carbonyl (C=O) groups excluding carboxylic acids is 1. The molecule has 2 aliphatic rings. The Morgan fingerprint density at radius 1 is 0.941 bits per heavy atom. The molecule has 6 nitrogen and oxygen atoms in total. The van der Waals surface area contributed by atoms with Gasteiger partial charge in [-0.05, 0) is 56.9 Å². The van der Waals surface area contributed by atoms with E-state index in [-0.39, 0.29) is 17.8 Å². The summed E-state index contributed by atoms with van der Waals surface area (Å²) in [7, 11) is 0. The van der Waals surface area contributed by atoms with E-state index in [4.69, 9.17) is 4.74 Å². The first-order valence-electron chi connectivity index (χ1n) is 12.1. The van der Waals surface area contributed by atoms with Gasteiger partial charge in [-0.3, -0.25) is 9.69 Å². The quantitative estimate of drug-likeness (QED) is 0.562. The summed E-state index contributed by atoms with van der Waals surface area (Å²) in [5.74, 6) is 0.111. The molecule has 0 radical (unpaired) electrons. The van der Waals surface area contributed by atoms with Crippen molar-refractivity contribution in [1.82, 2.24) is 19.6 Å². The Balaban J connectivity index is 1.13. The third-order valence-corrected chi connectivity index (χ3v) is 7.12. The molecule has 0 spiro atoms. The molecule has 1 aromatic heterocycles. The van der Waals surface area contributed by atoms with Crippen molar-refractivity contribution in [2.45, 2.75) is 44.8 Å². The molecule has 1 amide bonds.